The number of hydrogen-bond donors (Lipinski definition) is 3. The Morgan fingerprint density at radius 3 is 2.16 bits per heavy atom. The molecule has 0 spiro atoms. The lowest BCUT2D eigenvalue weighted by Gasteiger charge is -2.24. The maximum absolute atomic E-state index is 12.0. The summed E-state index contributed by atoms with van der Waals surface area (Å²) in [7, 11) is 0. The number of carbonyl (C=O) groups excluding carboxylic acids is 2. The average molecular weight is 348 g/mol. The maximum atomic E-state index is 12.0. The van der Waals surface area contributed by atoms with Gasteiger partial charge in [0.1, 0.15) is 0 Å². The van der Waals surface area contributed by atoms with Gasteiger partial charge in [0.25, 0.3) is 0 Å². The number of nitrogens with one attached hydrogen (secondary N) is 3. The van der Waals surface area contributed by atoms with E-state index in [1.54, 1.807) is 0 Å². The van der Waals surface area contributed by atoms with Crippen LogP contribution in [0.2, 0.25) is 0 Å². The normalized spacial score (nSPS) is 12.8. The van der Waals surface area contributed by atoms with E-state index >= 15 is 0 Å². The van der Waals surface area contributed by atoms with Gasteiger partial charge >= 0.3 is 6.03 Å². The summed E-state index contributed by atoms with van der Waals surface area (Å²) in [6.45, 7) is 12.1. The predicted molar refractivity (Wildman–Crippen MR) is 102 cm³/mol. The van der Waals surface area contributed by atoms with E-state index in [2.05, 4.69) is 61.0 Å². The SMILES string of the molecule is CCCc1ccc([C@@H](NCC(=O)NC(=O)NC(C)(C)C)C(C)C)cc1. The Morgan fingerprint density at radius 2 is 1.68 bits per heavy atom. The summed E-state index contributed by atoms with van der Waals surface area (Å²) in [4.78, 5) is 23.7. The first-order valence-electron chi connectivity index (χ1n) is 9.06. The summed E-state index contributed by atoms with van der Waals surface area (Å²) in [5.74, 6) is -0.0109. The summed E-state index contributed by atoms with van der Waals surface area (Å²) in [6.07, 6.45) is 2.20. The minimum absolute atomic E-state index is 0.0621. The molecule has 0 fully saturated rings. The highest BCUT2D eigenvalue weighted by atomic mass is 16.2. The summed E-state index contributed by atoms with van der Waals surface area (Å²) in [5, 5.41) is 8.33. The fourth-order valence-corrected chi connectivity index (χ4v) is 2.66. The van der Waals surface area contributed by atoms with Crippen LogP contribution in [0.4, 0.5) is 4.79 Å². The van der Waals surface area contributed by atoms with Gasteiger partial charge in [0, 0.05) is 11.6 Å². The highest BCUT2D eigenvalue weighted by Crippen LogP contribution is 2.22. The molecule has 0 aliphatic heterocycles. The zero-order valence-electron chi connectivity index (χ0n) is 16.4. The van der Waals surface area contributed by atoms with Gasteiger partial charge in [0.15, 0.2) is 0 Å². The van der Waals surface area contributed by atoms with E-state index in [1.807, 2.05) is 20.8 Å². The summed E-state index contributed by atoms with van der Waals surface area (Å²) in [5.41, 5.74) is 2.10. The molecule has 0 saturated carbocycles. The van der Waals surface area contributed by atoms with Gasteiger partial charge in [-0.3, -0.25) is 10.1 Å². The van der Waals surface area contributed by atoms with Crippen molar-refractivity contribution < 1.29 is 9.59 Å². The summed E-state index contributed by atoms with van der Waals surface area (Å²) >= 11 is 0. The molecule has 0 aliphatic rings. The van der Waals surface area contributed by atoms with Gasteiger partial charge in [-0.25, -0.2) is 4.79 Å². The third kappa shape index (κ3) is 8.16. The number of benzene rings is 1. The summed E-state index contributed by atoms with van der Waals surface area (Å²) in [6, 6.07) is 8.12. The number of urea groups is 1. The molecule has 3 N–H and O–H groups in total. The molecule has 0 unspecified atom stereocenters. The molecule has 0 heterocycles. The lowest BCUT2D eigenvalue weighted by molar-refractivity contribution is -0.119. The molecule has 0 bridgehead atoms. The number of amides is 3. The molecule has 1 aromatic rings. The standard InChI is InChI=1S/C20H33N3O2/c1-7-8-15-9-11-16(12-10-15)18(14(2)3)21-13-17(24)22-19(25)23-20(4,5)6/h9-12,14,18,21H,7-8,13H2,1-6H3,(H2,22,23,24,25)/t18-/m0/s1. The van der Waals surface area contributed by atoms with E-state index in [0.717, 1.165) is 18.4 Å². The Morgan fingerprint density at radius 1 is 1.08 bits per heavy atom. The van der Waals surface area contributed by atoms with Crippen LogP contribution in [0.25, 0.3) is 0 Å². The van der Waals surface area contributed by atoms with Crippen LogP contribution in [0.15, 0.2) is 24.3 Å². The Balaban J connectivity index is 2.61. The van der Waals surface area contributed by atoms with Gasteiger partial charge in [0.05, 0.1) is 6.54 Å². The Kier molecular flexibility index (Phi) is 8.10. The summed E-state index contributed by atoms with van der Waals surface area (Å²) < 4.78 is 0. The van der Waals surface area contributed by atoms with Crippen molar-refractivity contribution in [3.05, 3.63) is 35.4 Å². The first-order chi connectivity index (χ1) is 11.6. The Labute approximate surface area is 152 Å². The Hall–Kier alpha value is -1.88. The lowest BCUT2D eigenvalue weighted by Crippen LogP contribution is -2.50. The topological polar surface area (TPSA) is 70.2 Å². The zero-order valence-corrected chi connectivity index (χ0v) is 16.4. The molecule has 3 amide bonds. The van der Waals surface area contributed by atoms with Crippen molar-refractivity contribution in [3.63, 3.8) is 0 Å². The minimum atomic E-state index is -0.468. The molecule has 1 aromatic carbocycles. The van der Waals surface area contributed by atoms with Crippen molar-refractivity contribution >= 4 is 11.9 Å². The second kappa shape index (κ2) is 9.56. The second-order valence-electron chi connectivity index (χ2n) is 7.85. The predicted octanol–water partition coefficient (Wildman–Crippen LogP) is 3.55. The van der Waals surface area contributed by atoms with E-state index in [1.165, 1.54) is 5.56 Å². The molecule has 25 heavy (non-hydrogen) atoms. The number of imide groups is 1. The molecular formula is C20H33N3O2. The van der Waals surface area contributed by atoms with Crippen LogP contribution in [0.3, 0.4) is 0 Å². The third-order valence-corrected chi connectivity index (χ3v) is 3.77. The van der Waals surface area contributed by atoms with Crippen molar-refractivity contribution in [2.24, 2.45) is 5.92 Å². The van der Waals surface area contributed by atoms with Gasteiger partial charge in [-0.15, -0.1) is 0 Å². The van der Waals surface area contributed by atoms with Gasteiger partial charge in [-0.05, 0) is 44.2 Å². The molecule has 0 saturated heterocycles. The first-order valence-corrected chi connectivity index (χ1v) is 9.06. The zero-order chi connectivity index (χ0) is 19.0. The molecule has 5 nitrogen and oxygen atoms in total. The van der Waals surface area contributed by atoms with Crippen molar-refractivity contribution in [3.8, 4) is 0 Å². The van der Waals surface area contributed by atoms with Crippen LogP contribution in [0.1, 0.15) is 65.1 Å². The maximum Gasteiger partial charge on any atom is 0.321 e. The fraction of sp³-hybridized carbons (Fsp3) is 0.600. The van der Waals surface area contributed by atoms with Crippen LogP contribution in [-0.4, -0.2) is 24.0 Å². The molecule has 140 valence electrons. The fourth-order valence-electron chi connectivity index (χ4n) is 2.66. The molecule has 0 aromatic heterocycles. The largest absolute Gasteiger partial charge is 0.333 e. The van der Waals surface area contributed by atoms with Gasteiger partial charge in [-0.1, -0.05) is 51.5 Å². The highest BCUT2D eigenvalue weighted by molar-refractivity contribution is 5.95. The van der Waals surface area contributed by atoms with Crippen LogP contribution in [-0.2, 0) is 11.2 Å². The van der Waals surface area contributed by atoms with Gasteiger partial charge < -0.3 is 10.6 Å². The van der Waals surface area contributed by atoms with E-state index < -0.39 is 6.03 Å². The van der Waals surface area contributed by atoms with Gasteiger partial charge in [0.2, 0.25) is 5.91 Å². The molecular weight excluding hydrogens is 314 g/mol. The smallest absolute Gasteiger partial charge is 0.321 e. The Bertz CT molecular complexity index is 559. The third-order valence-electron chi connectivity index (χ3n) is 3.77. The van der Waals surface area contributed by atoms with E-state index in [4.69, 9.17) is 0 Å². The monoisotopic (exact) mass is 347 g/mol. The molecule has 1 atom stereocenters. The van der Waals surface area contributed by atoms with Crippen LogP contribution in [0, 0.1) is 5.92 Å². The van der Waals surface area contributed by atoms with E-state index in [-0.39, 0.29) is 24.0 Å². The van der Waals surface area contributed by atoms with Crippen molar-refractivity contribution in [2.45, 2.75) is 66.0 Å². The average Bonchev–Trinajstić information content (AvgIpc) is 2.47. The number of rotatable bonds is 7. The molecule has 0 radical (unpaired) electrons. The van der Waals surface area contributed by atoms with Crippen LogP contribution < -0.4 is 16.0 Å². The number of carbonyl (C=O) groups is 2. The minimum Gasteiger partial charge on any atom is -0.333 e. The van der Waals surface area contributed by atoms with Crippen LogP contribution >= 0.6 is 0 Å². The first kappa shape index (κ1) is 21.2. The molecule has 1 rings (SSSR count). The quantitative estimate of drug-likeness (QED) is 0.706. The van der Waals surface area contributed by atoms with Crippen molar-refractivity contribution in [2.75, 3.05) is 6.54 Å². The van der Waals surface area contributed by atoms with Crippen LogP contribution in [0.5, 0.6) is 0 Å². The van der Waals surface area contributed by atoms with E-state index in [0.29, 0.717) is 5.92 Å². The van der Waals surface area contributed by atoms with Crippen molar-refractivity contribution in [1.82, 2.24) is 16.0 Å². The highest BCUT2D eigenvalue weighted by Gasteiger charge is 2.19. The number of hydrogen-bond acceptors (Lipinski definition) is 3. The second-order valence-corrected chi connectivity index (χ2v) is 7.85. The van der Waals surface area contributed by atoms with E-state index in [9.17, 15) is 9.59 Å². The molecule has 0 aliphatic carbocycles. The van der Waals surface area contributed by atoms with Gasteiger partial charge in [-0.2, -0.15) is 0 Å². The van der Waals surface area contributed by atoms with Crippen molar-refractivity contribution in [1.29, 1.82) is 0 Å². The number of aryl methyl sites for hydroxylation is 1. The lowest BCUT2D eigenvalue weighted by atomic mass is 9.94. The molecule has 5 heteroatoms.